The number of carbonyl (C=O) groups is 1. The van der Waals surface area contributed by atoms with Gasteiger partial charge in [-0.2, -0.15) is 5.10 Å². The second-order valence-electron chi connectivity index (χ2n) is 5.47. The molecule has 0 radical (unpaired) electrons. The summed E-state index contributed by atoms with van der Waals surface area (Å²) in [6.45, 7) is 2.04. The van der Waals surface area contributed by atoms with Crippen LogP contribution in [-0.2, 0) is 0 Å². The van der Waals surface area contributed by atoms with E-state index in [0.717, 1.165) is 27.7 Å². The maximum atomic E-state index is 11.1. The number of carboxylic acids is 1. The standard InChI is InChI=1S/C18H13N3O2S/c1-11-7-8-15-13(9-11)16(12-5-3-2-4-6-12)20-21(15)18-19-14(10-24-18)17(22)23/h2-10H,1H3,(H,22,23). The SMILES string of the molecule is Cc1ccc2c(c1)c(-c1ccccc1)nn2-c1nc(C(=O)O)cs1. The molecule has 0 unspecified atom stereocenters. The first-order valence-electron chi connectivity index (χ1n) is 7.37. The molecule has 4 aromatic rings. The zero-order valence-corrected chi connectivity index (χ0v) is 13.6. The number of aromatic carboxylic acids is 1. The van der Waals surface area contributed by atoms with Gasteiger partial charge in [0, 0.05) is 16.3 Å². The Balaban J connectivity index is 1.98. The van der Waals surface area contributed by atoms with Crippen molar-refractivity contribution >= 4 is 28.2 Å². The minimum absolute atomic E-state index is 0.0343. The predicted molar refractivity (Wildman–Crippen MR) is 93.9 cm³/mol. The monoisotopic (exact) mass is 335 g/mol. The summed E-state index contributed by atoms with van der Waals surface area (Å²) in [5.74, 6) is -1.03. The summed E-state index contributed by atoms with van der Waals surface area (Å²) in [6.07, 6.45) is 0. The van der Waals surface area contributed by atoms with Crippen molar-refractivity contribution in [1.82, 2.24) is 14.8 Å². The lowest BCUT2D eigenvalue weighted by molar-refractivity contribution is 0.0691. The van der Waals surface area contributed by atoms with Crippen molar-refractivity contribution in [3.63, 3.8) is 0 Å². The third-order valence-electron chi connectivity index (χ3n) is 3.77. The van der Waals surface area contributed by atoms with Crippen molar-refractivity contribution in [3.8, 4) is 16.4 Å². The van der Waals surface area contributed by atoms with Gasteiger partial charge in [0.15, 0.2) is 5.69 Å². The van der Waals surface area contributed by atoms with Gasteiger partial charge in [0.25, 0.3) is 0 Å². The number of rotatable bonds is 3. The Morgan fingerprint density at radius 3 is 2.67 bits per heavy atom. The fourth-order valence-corrected chi connectivity index (χ4v) is 3.41. The van der Waals surface area contributed by atoms with Crippen molar-refractivity contribution < 1.29 is 9.90 Å². The van der Waals surface area contributed by atoms with Gasteiger partial charge < -0.3 is 5.11 Å². The van der Waals surface area contributed by atoms with E-state index in [2.05, 4.69) is 11.1 Å². The molecule has 0 amide bonds. The van der Waals surface area contributed by atoms with Crippen molar-refractivity contribution in [3.05, 3.63) is 65.2 Å². The van der Waals surface area contributed by atoms with Crippen LogP contribution in [0.1, 0.15) is 16.1 Å². The molecule has 5 nitrogen and oxygen atoms in total. The van der Waals surface area contributed by atoms with Crippen LogP contribution in [0.3, 0.4) is 0 Å². The molecule has 24 heavy (non-hydrogen) atoms. The van der Waals surface area contributed by atoms with Crippen LogP contribution in [0.15, 0.2) is 53.9 Å². The van der Waals surface area contributed by atoms with Crippen LogP contribution in [-0.4, -0.2) is 25.8 Å². The highest BCUT2D eigenvalue weighted by Crippen LogP contribution is 2.31. The lowest BCUT2D eigenvalue weighted by Crippen LogP contribution is -2.00. The van der Waals surface area contributed by atoms with E-state index in [0.29, 0.717) is 5.13 Å². The van der Waals surface area contributed by atoms with Gasteiger partial charge in [-0.05, 0) is 19.1 Å². The molecule has 0 fully saturated rings. The Morgan fingerprint density at radius 1 is 1.17 bits per heavy atom. The number of aryl methyl sites for hydroxylation is 1. The summed E-state index contributed by atoms with van der Waals surface area (Å²) in [6, 6.07) is 16.0. The normalized spacial score (nSPS) is 11.0. The van der Waals surface area contributed by atoms with Crippen LogP contribution in [0.5, 0.6) is 0 Å². The minimum atomic E-state index is -1.03. The highest BCUT2D eigenvalue weighted by atomic mass is 32.1. The molecule has 2 aromatic carbocycles. The summed E-state index contributed by atoms with van der Waals surface area (Å²) in [5, 5.41) is 16.9. The summed E-state index contributed by atoms with van der Waals surface area (Å²) >= 11 is 1.27. The van der Waals surface area contributed by atoms with Crippen LogP contribution in [0, 0.1) is 6.92 Å². The molecule has 0 aliphatic heterocycles. The first-order chi connectivity index (χ1) is 11.6. The van der Waals surface area contributed by atoms with E-state index in [9.17, 15) is 4.79 Å². The molecule has 2 heterocycles. The van der Waals surface area contributed by atoms with Crippen LogP contribution in [0.2, 0.25) is 0 Å². The number of nitrogens with zero attached hydrogens (tertiary/aromatic N) is 3. The van der Waals surface area contributed by atoms with Crippen molar-refractivity contribution in [2.45, 2.75) is 6.92 Å². The zero-order valence-electron chi connectivity index (χ0n) is 12.8. The molecule has 4 rings (SSSR count). The number of benzene rings is 2. The van der Waals surface area contributed by atoms with E-state index >= 15 is 0 Å². The number of hydrogen-bond donors (Lipinski definition) is 1. The molecule has 118 valence electrons. The Morgan fingerprint density at radius 2 is 1.96 bits per heavy atom. The third kappa shape index (κ3) is 2.37. The van der Waals surface area contributed by atoms with Gasteiger partial charge >= 0.3 is 5.97 Å². The molecule has 0 aliphatic carbocycles. The molecular weight excluding hydrogens is 322 g/mol. The van der Waals surface area contributed by atoms with Crippen molar-refractivity contribution in [2.75, 3.05) is 0 Å². The average Bonchev–Trinajstić information content (AvgIpc) is 3.20. The van der Waals surface area contributed by atoms with Gasteiger partial charge in [0.2, 0.25) is 5.13 Å². The first-order valence-corrected chi connectivity index (χ1v) is 8.25. The predicted octanol–water partition coefficient (Wildman–Crippen LogP) is 4.16. The van der Waals surface area contributed by atoms with Crippen molar-refractivity contribution in [1.29, 1.82) is 0 Å². The van der Waals surface area contributed by atoms with E-state index in [4.69, 9.17) is 10.2 Å². The zero-order chi connectivity index (χ0) is 16.7. The van der Waals surface area contributed by atoms with Gasteiger partial charge in [-0.15, -0.1) is 11.3 Å². The molecule has 0 bridgehead atoms. The summed E-state index contributed by atoms with van der Waals surface area (Å²) < 4.78 is 1.72. The molecule has 0 aliphatic rings. The number of carboxylic acid groups (broad SMARTS) is 1. The third-order valence-corrected chi connectivity index (χ3v) is 4.59. The molecule has 6 heteroatoms. The highest BCUT2D eigenvalue weighted by Gasteiger charge is 2.17. The van der Waals surface area contributed by atoms with Crippen LogP contribution in [0.25, 0.3) is 27.3 Å². The number of aromatic nitrogens is 3. The van der Waals surface area contributed by atoms with E-state index in [-0.39, 0.29) is 5.69 Å². The summed E-state index contributed by atoms with van der Waals surface area (Å²) in [4.78, 5) is 15.3. The van der Waals surface area contributed by atoms with Crippen LogP contribution < -0.4 is 0 Å². The van der Waals surface area contributed by atoms with E-state index in [1.165, 1.54) is 16.7 Å². The van der Waals surface area contributed by atoms with E-state index < -0.39 is 5.97 Å². The molecular formula is C18H13N3O2S. The number of fused-ring (bicyclic) bond motifs is 1. The second-order valence-corrected chi connectivity index (χ2v) is 6.30. The maximum absolute atomic E-state index is 11.1. The second kappa shape index (κ2) is 5.58. The highest BCUT2D eigenvalue weighted by molar-refractivity contribution is 7.12. The van der Waals surface area contributed by atoms with Crippen LogP contribution >= 0.6 is 11.3 Å². The summed E-state index contributed by atoms with van der Waals surface area (Å²) in [5.41, 5.74) is 3.96. The molecule has 0 spiro atoms. The smallest absolute Gasteiger partial charge is 0.355 e. The van der Waals surface area contributed by atoms with Gasteiger partial charge in [-0.25, -0.2) is 14.5 Å². The quantitative estimate of drug-likeness (QED) is 0.610. The van der Waals surface area contributed by atoms with Gasteiger partial charge in [0.05, 0.1) is 5.52 Å². The Hall–Kier alpha value is -2.99. The number of hydrogen-bond acceptors (Lipinski definition) is 4. The van der Waals surface area contributed by atoms with E-state index in [1.54, 1.807) is 4.68 Å². The lowest BCUT2D eigenvalue weighted by Gasteiger charge is -1.98. The number of thiazole rings is 1. The molecule has 0 atom stereocenters. The lowest BCUT2D eigenvalue weighted by atomic mass is 10.1. The topological polar surface area (TPSA) is 68.0 Å². The molecule has 1 N–H and O–H groups in total. The maximum Gasteiger partial charge on any atom is 0.355 e. The first kappa shape index (κ1) is 14.6. The largest absolute Gasteiger partial charge is 0.476 e. The van der Waals surface area contributed by atoms with Gasteiger partial charge in [-0.3, -0.25) is 0 Å². The minimum Gasteiger partial charge on any atom is -0.476 e. The Bertz CT molecular complexity index is 1050. The Kier molecular flexibility index (Phi) is 3.39. The average molecular weight is 335 g/mol. The fraction of sp³-hybridized carbons (Fsp3) is 0.0556. The molecule has 2 aromatic heterocycles. The Labute approximate surface area is 141 Å². The fourth-order valence-electron chi connectivity index (χ4n) is 2.65. The molecule has 0 saturated heterocycles. The molecule has 0 saturated carbocycles. The van der Waals surface area contributed by atoms with Gasteiger partial charge in [-0.1, -0.05) is 42.0 Å². The van der Waals surface area contributed by atoms with Crippen molar-refractivity contribution in [2.24, 2.45) is 0 Å². The van der Waals surface area contributed by atoms with E-state index in [1.807, 2.05) is 49.4 Å². The van der Waals surface area contributed by atoms with Gasteiger partial charge in [0.1, 0.15) is 5.69 Å². The van der Waals surface area contributed by atoms with Crippen LogP contribution in [0.4, 0.5) is 0 Å². The summed E-state index contributed by atoms with van der Waals surface area (Å²) in [7, 11) is 0.